The summed E-state index contributed by atoms with van der Waals surface area (Å²) in [5, 5.41) is 0. The fourth-order valence-corrected chi connectivity index (χ4v) is 1.33. The van der Waals surface area contributed by atoms with Crippen LogP contribution in [-0.2, 0) is 6.54 Å². The molecular formula is C8H9ClN4. The number of aryl methyl sites for hydroxylation is 1. The molecule has 5 heteroatoms. The van der Waals surface area contributed by atoms with Crippen molar-refractivity contribution in [2.75, 3.05) is 5.88 Å². The molecule has 68 valence electrons. The Balaban J connectivity index is 2.35. The maximum Gasteiger partial charge on any atom is 0.180 e. The van der Waals surface area contributed by atoms with Crippen molar-refractivity contribution >= 4 is 22.8 Å². The van der Waals surface area contributed by atoms with Crippen LogP contribution in [0, 0.1) is 0 Å². The van der Waals surface area contributed by atoms with Crippen LogP contribution in [-0.4, -0.2) is 25.4 Å². The summed E-state index contributed by atoms with van der Waals surface area (Å²) in [5.41, 5.74) is 1.71. The Morgan fingerprint density at radius 2 is 2.31 bits per heavy atom. The minimum Gasteiger partial charge on any atom is -0.328 e. The molecule has 0 N–H and O–H groups in total. The van der Waals surface area contributed by atoms with Crippen LogP contribution in [0.3, 0.4) is 0 Å². The summed E-state index contributed by atoms with van der Waals surface area (Å²) in [7, 11) is 0. The molecule has 2 aromatic rings. The lowest BCUT2D eigenvalue weighted by Gasteiger charge is -1.99. The predicted molar refractivity (Wildman–Crippen MR) is 50.7 cm³/mol. The zero-order chi connectivity index (χ0) is 9.10. The normalized spacial score (nSPS) is 10.8. The van der Waals surface area contributed by atoms with Crippen LogP contribution in [0.5, 0.6) is 0 Å². The summed E-state index contributed by atoms with van der Waals surface area (Å²) in [6.07, 6.45) is 5.97. The van der Waals surface area contributed by atoms with Gasteiger partial charge >= 0.3 is 0 Å². The van der Waals surface area contributed by atoms with Crippen LogP contribution in [0.2, 0.25) is 0 Å². The van der Waals surface area contributed by atoms with Crippen molar-refractivity contribution in [2.24, 2.45) is 0 Å². The second kappa shape index (κ2) is 3.70. The summed E-state index contributed by atoms with van der Waals surface area (Å²) >= 11 is 5.60. The minimum absolute atomic E-state index is 0.660. The summed E-state index contributed by atoms with van der Waals surface area (Å²) in [6, 6.07) is 0. The van der Waals surface area contributed by atoms with E-state index in [0.29, 0.717) is 5.88 Å². The molecule has 0 aliphatic carbocycles. The van der Waals surface area contributed by atoms with E-state index in [1.165, 1.54) is 6.33 Å². The average Bonchev–Trinajstić information content (AvgIpc) is 2.58. The first-order valence-electron chi connectivity index (χ1n) is 4.08. The third-order valence-electron chi connectivity index (χ3n) is 1.83. The number of fused-ring (bicyclic) bond motifs is 1. The van der Waals surface area contributed by atoms with E-state index in [0.717, 1.165) is 24.1 Å². The topological polar surface area (TPSA) is 43.6 Å². The average molecular weight is 197 g/mol. The monoisotopic (exact) mass is 196 g/mol. The summed E-state index contributed by atoms with van der Waals surface area (Å²) in [4.78, 5) is 12.1. The Kier molecular flexibility index (Phi) is 2.40. The Labute approximate surface area is 80.6 Å². The molecule has 0 aliphatic heterocycles. The first-order valence-corrected chi connectivity index (χ1v) is 4.62. The molecule has 0 spiro atoms. The predicted octanol–water partition coefficient (Wildman–Crippen LogP) is 1.46. The van der Waals surface area contributed by atoms with Crippen LogP contribution in [0.25, 0.3) is 11.2 Å². The van der Waals surface area contributed by atoms with Crippen LogP contribution in [0.1, 0.15) is 6.42 Å². The number of halogens is 1. The number of alkyl halides is 1. The maximum atomic E-state index is 5.60. The summed E-state index contributed by atoms with van der Waals surface area (Å²) < 4.78 is 2.01. The number of nitrogens with zero attached hydrogens (tertiary/aromatic N) is 4. The first kappa shape index (κ1) is 8.44. The molecule has 0 fully saturated rings. The molecule has 0 unspecified atom stereocenters. The lowest BCUT2D eigenvalue weighted by atomic mass is 10.4. The third-order valence-corrected chi connectivity index (χ3v) is 2.10. The highest BCUT2D eigenvalue weighted by Gasteiger charge is 2.01. The molecule has 13 heavy (non-hydrogen) atoms. The second-order valence-electron chi connectivity index (χ2n) is 2.71. The van der Waals surface area contributed by atoms with E-state index >= 15 is 0 Å². The fourth-order valence-electron chi connectivity index (χ4n) is 1.21. The van der Waals surface area contributed by atoms with Crippen molar-refractivity contribution < 1.29 is 0 Å². The molecule has 0 amide bonds. The molecular weight excluding hydrogens is 188 g/mol. The molecule has 0 bridgehead atoms. The Hall–Kier alpha value is -1.16. The molecule has 4 nitrogen and oxygen atoms in total. The Bertz CT molecular complexity index is 398. The minimum atomic E-state index is 0.660. The highest BCUT2D eigenvalue weighted by Crippen LogP contribution is 2.07. The van der Waals surface area contributed by atoms with E-state index in [-0.39, 0.29) is 0 Å². The van der Waals surface area contributed by atoms with Crippen LogP contribution in [0.15, 0.2) is 18.9 Å². The lowest BCUT2D eigenvalue weighted by Crippen LogP contribution is -1.96. The molecule has 2 heterocycles. The van der Waals surface area contributed by atoms with Gasteiger partial charge in [0.1, 0.15) is 11.8 Å². The number of aromatic nitrogens is 4. The standard InChI is InChI=1S/C8H9ClN4/c9-2-1-3-13-6-12-8-7(13)4-10-5-11-8/h4-6H,1-3H2. The van der Waals surface area contributed by atoms with Crippen LogP contribution >= 0.6 is 11.6 Å². The van der Waals surface area contributed by atoms with E-state index in [1.807, 2.05) is 4.57 Å². The van der Waals surface area contributed by atoms with Crippen molar-refractivity contribution in [3.05, 3.63) is 18.9 Å². The SMILES string of the molecule is ClCCCn1cnc2ncncc21. The zero-order valence-corrected chi connectivity index (χ0v) is 7.78. The Morgan fingerprint density at radius 1 is 1.38 bits per heavy atom. The van der Waals surface area contributed by atoms with E-state index in [9.17, 15) is 0 Å². The molecule has 0 radical (unpaired) electrons. The number of imidazole rings is 1. The number of hydrogen-bond acceptors (Lipinski definition) is 3. The quantitative estimate of drug-likeness (QED) is 0.698. The molecule has 0 aromatic carbocycles. The highest BCUT2D eigenvalue weighted by molar-refractivity contribution is 6.17. The molecule has 0 atom stereocenters. The Morgan fingerprint density at radius 3 is 3.15 bits per heavy atom. The van der Waals surface area contributed by atoms with Gasteiger partial charge in [0.2, 0.25) is 0 Å². The van der Waals surface area contributed by atoms with Gasteiger partial charge < -0.3 is 4.57 Å². The van der Waals surface area contributed by atoms with Gasteiger partial charge in [0, 0.05) is 12.4 Å². The molecule has 2 rings (SSSR count). The van der Waals surface area contributed by atoms with Gasteiger partial charge in [0.05, 0.1) is 12.5 Å². The largest absolute Gasteiger partial charge is 0.328 e. The number of hydrogen-bond donors (Lipinski definition) is 0. The van der Waals surface area contributed by atoms with Crippen molar-refractivity contribution in [3.8, 4) is 0 Å². The van der Waals surface area contributed by atoms with Crippen LogP contribution < -0.4 is 0 Å². The van der Waals surface area contributed by atoms with Gasteiger partial charge in [0.15, 0.2) is 5.65 Å². The fraction of sp³-hybridized carbons (Fsp3) is 0.375. The van der Waals surface area contributed by atoms with Gasteiger partial charge in [0.25, 0.3) is 0 Å². The van der Waals surface area contributed by atoms with Crippen molar-refractivity contribution in [3.63, 3.8) is 0 Å². The van der Waals surface area contributed by atoms with E-state index in [4.69, 9.17) is 11.6 Å². The molecule has 0 aliphatic rings. The molecule has 0 saturated carbocycles. The van der Waals surface area contributed by atoms with Gasteiger partial charge in [-0.1, -0.05) is 0 Å². The van der Waals surface area contributed by atoms with Gasteiger partial charge in [-0.25, -0.2) is 15.0 Å². The zero-order valence-electron chi connectivity index (χ0n) is 7.02. The van der Waals surface area contributed by atoms with E-state index in [1.54, 1.807) is 12.5 Å². The lowest BCUT2D eigenvalue weighted by molar-refractivity contribution is 0.700. The van der Waals surface area contributed by atoms with Crippen LogP contribution in [0.4, 0.5) is 0 Å². The van der Waals surface area contributed by atoms with Gasteiger partial charge in [-0.05, 0) is 6.42 Å². The maximum absolute atomic E-state index is 5.60. The first-order chi connectivity index (χ1) is 6.42. The smallest absolute Gasteiger partial charge is 0.180 e. The van der Waals surface area contributed by atoms with Crippen molar-refractivity contribution in [1.29, 1.82) is 0 Å². The second-order valence-corrected chi connectivity index (χ2v) is 3.09. The molecule has 2 aromatic heterocycles. The van der Waals surface area contributed by atoms with Gasteiger partial charge in [-0.3, -0.25) is 0 Å². The number of rotatable bonds is 3. The van der Waals surface area contributed by atoms with Crippen molar-refractivity contribution in [2.45, 2.75) is 13.0 Å². The third kappa shape index (κ3) is 1.62. The highest BCUT2D eigenvalue weighted by atomic mass is 35.5. The van der Waals surface area contributed by atoms with E-state index in [2.05, 4.69) is 15.0 Å². The summed E-state index contributed by atoms with van der Waals surface area (Å²) in [6.45, 7) is 0.868. The van der Waals surface area contributed by atoms with Gasteiger partial charge in [-0.2, -0.15) is 0 Å². The molecule has 0 saturated heterocycles. The van der Waals surface area contributed by atoms with Gasteiger partial charge in [-0.15, -0.1) is 11.6 Å². The van der Waals surface area contributed by atoms with Crippen molar-refractivity contribution in [1.82, 2.24) is 19.5 Å². The summed E-state index contributed by atoms with van der Waals surface area (Å²) in [5.74, 6) is 0.660. The van der Waals surface area contributed by atoms with E-state index < -0.39 is 0 Å².